The van der Waals surface area contributed by atoms with E-state index in [4.69, 9.17) is 0 Å². The predicted molar refractivity (Wildman–Crippen MR) is 33.3 cm³/mol. The Bertz CT molecular complexity index is 155. The third-order valence-electron chi connectivity index (χ3n) is 0.498. The van der Waals surface area contributed by atoms with Crippen molar-refractivity contribution in [3.63, 3.8) is 0 Å². The first-order valence-corrected chi connectivity index (χ1v) is 2.40. The van der Waals surface area contributed by atoms with Crippen LogP contribution in [0.3, 0.4) is 0 Å². The molecule has 0 aromatic rings. The maximum Gasteiger partial charge on any atom is 0.202 e. The highest BCUT2D eigenvalue weighted by atomic mass is 16.1. The van der Waals surface area contributed by atoms with Crippen LogP contribution in [0.2, 0.25) is 0 Å². The van der Waals surface area contributed by atoms with Crippen molar-refractivity contribution in [3.05, 3.63) is 12.2 Å². The lowest BCUT2D eigenvalue weighted by atomic mass is 10.4. The maximum atomic E-state index is 10.1. The standard InChI is InChI=1S/C7H8O/c1-3-4-5-6-7(2)8/h3-4H,1-2H3/b4-3+. The summed E-state index contributed by atoms with van der Waals surface area (Å²) in [6.07, 6.45) is 3.43. The summed E-state index contributed by atoms with van der Waals surface area (Å²) in [6.45, 7) is 3.30. The smallest absolute Gasteiger partial charge is 0.202 e. The van der Waals surface area contributed by atoms with Gasteiger partial charge in [0, 0.05) is 6.92 Å². The van der Waals surface area contributed by atoms with Crippen molar-refractivity contribution in [1.82, 2.24) is 0 Å². The van der Waals surface area contributed by atoms with Crippen LogP contribution in [0.5, 0.6) is 0 Å². The Morgan fingerprint density at radius 1 is 1.62 bits per heavy atom. The number of allylic oxidation sites excluding steroid dienone is 2. The van der Waals surface area contributed by atoms with Crippen molar-refractivity contribution >= 4 is 5.78 Å². The van der Waals surface area contributed by atoms with Gasteiger partial charge in [-0.3, -0.25) is 4.79 Å². The molecule has 0 unspecified atom stereocenters. The van der Waals surface area contributed by atoms with E-state index in [0.717, 1.165) is 0 Å². The van der Waals surface area contributed by atoms with E-state index in [2.05, 4.69) is 11.8 Å². The Morgan fingerprint density at radius 2 is 2.25 bits per heavy atom. The summed E-state index contributed by atoms with van der Waals surface area (Å²) in [5, 5.41) is 0. The molecule has 8 heavy (non-hydrogen) atoms. The molecule has 0 N–H and O–H groups in total. The summed E-state index contributed by atoms with van der Waals surface area (Å²) >= 11 is 0. The van der Waals surface area contributed by atoms with Crippen LogP contribution in [-0.2, 0) is 4.79 Å². The first kappa shape index (κ1) is 6.97. The Hall–Kier alpha value is -1.03. The molecule has 0 aliphatic heterocycles. The molecule has 0 fully saturated rings. The number of ketones is 1. The summed E-state index contributed by atoms with van der Waals surface area (Å²) in [5.41, 5.74) is 0. The number of carbonyl (C=O) groups is 1. The van der Waals surface area contributed by atoms with E-state index in [1.54, 1.807) is 12.2 Å². The van der Waals surface area contributed by atoms with Gasteiger partial charge in [0.25, 0.3) is 0 Å². The van der Waals surface area contributed by atoms with Crippen LogP contribution in [-0.4, -0.2) is 5.78 Å². The monoisotopic (exact) mass is 108 g/mol. The molecule has 0 amide bonds. The fourth-order valence-corrected chi connectivity index (χ4v) is 0.227. The van der Waals surface area contributed by atoms with Crippen molar-refractivity contribution in [1.29, 1.82) is 0 Å². The lowest BCUT2D eigenvalue weighted by Crippen LogP contribution is -1.78. The minimum absolute atomic E-state index is 0.0944. The molecular formula is C7H8O. The first-order chi connectivity index (χ1) is 3.77. The zero-order valence-corrected chi connectivity index (χ0v) is 5.06. The van der Waals surface area contributed by atoms with Gasteiger partial charge in [-0.25, -0.2) is 0 Å². The summed E-state index contributed by atoms with van der Waals surface area (Å²) in [6, 6.07) is 0. The van der Waals surface area contributed by atoms with Gasteiger partial charge in [0.2, 0.25) is 5.78 Å². The van der Waals surface area contributed by atoms with E-state index in [1.165, 1.54) is 6.92 Å². The Labute approximate surface area is 49.4 Å². The van der Waals surface area contributed by atoms with Crippen LogP contribution in [0.15, 0.2) is 12.2 Å². The number of hydrogen-bond acceptors (Lipinski definition) is 1. The Kier molecular flexibility index (Phi) is 3.60. The highest BCUT2D eigenvalue weighted by Crippen LogP contribution is 1.65. The van der Waals surface area contributed by atoms with E-state index >= 15 is 0 Å². The highest BCUT2D eigenvalue weighted by molar-refractivity contribution is 5.93. The summed E-state index contributed by atoms with van der Waals surface area (Å²) < 4.78 is 0. The molecule has 0 spiro atoms. The first-order valence-electron chi connectivity index (χ1n) is 2.40. The van der Waals surface area contributed by atoms with E-state index in [9.17, 15) is 4.79 Å². The quantitative estimate of drug-likeness (QED) is 0.336. The summed E-state index contributed by atoms with van der Waals surface area (Å²) in [4.78, 5) is 10.1. The Balaban J connectivity index is 3.68. The molecule has 0 aromatic carbocycles. The molecule has 42 valence electrons. The molecule has 0 heterocycles. The van der Waals surface area contributed by atoms with Crippen molar-refractivity contribution in [2.24, 2.45) is 0 Å². The molecule has 0 bridgehead atoms. The average molecular weight is 108 g/mol. The van der Waals surface area contributed by atoms with Crippen molar-refractivity contribution < 1.29 is 4.79 Å². The maximum absolute atomic E-state index is 10.1. The van der Waals surface area contributed by atoms with Gasteiger partial charge in [-0.2, -0.15) is 0 Å². The van der Waals surface area contributed by atoms with Crippen molar-refractivity contribution in [2.45, 2.75) is 13.8 Å². The highest BCUT2D eigenvalue weighted by Gasteiger charge is 1.73. The lowest BCUT2D eigenvalue weighted by Gasteiger charge is -1.65. The van der Waals surface area contributed by atoms with Gasteiger partial charge in [0.1, 0.15) is 0 Å². The molecule has 0 saturated carbocycles. The van der Waals surface area contributed by atoms with Gasteiger partial charge in [0.15, 0.2) is 0 Å². The molecule has 0 saturated heterocycles. The fraction of sp³-hybridized carbons (Fsp3) is 0.286. The van der Waals surface area contributed by atoms with Gasteiger partial charge in [-0.1, -0.05) is 12.0 Å². The van der Waals surface area contributed by atoms with E-state index < -0.39 is 0 Å². The molecule has 1 heteroatoms. The van der Waals surface area contributed by atoms with Crippen LogP contribution in [0, 0.1) is 11.8 Å². The van der Waals surface area contributed by atoms with Crippen LogP contribution in [0.1, 0.15) is 13.8 Å². The number of Topliss-reactive ketones (excluding diaryl/α,β-unsaturated/α-hetero) is 1. The molecule has 0 atom stereocenters. The van der Waals surface area contributed by atoms with Crippen molar-refractivity contribution in [3.8, 4) is 11.8 Å². The normalized spacial score (nSPS) is 8.25. The SMILES string of the molecule is C/C=C/C#CC(C)=O. The van der Waals surface area contributed by atoms with Crippen molar-refractivity contribution in [2.75, 3.05) is 0 Å². The third-order valence-corrected chi connectivity index (χ3v) is 0.498. The summed E-state index contributed by atoms with van der Waals surface area (Å²) in [7, 11) is 0. The van der Waals surface area contributed by atoms with Crippen LogP contribution >= 0.6 is 0 Å². The molecule has 0 rings (SSSR count). The summed E-state index contributed by atoms with van der Waals surface area (Å²) in [5.74, 6) is 4.83. The minimum atomic E-state index is -0.0944. The van der Waals surface area contributed by atoms with Crippen LogP contribution in [0.25, 0.3) is 0 Å². The molecule has 0 aromatic heterocycles. The van der Waals surface area contributed by atoms with E-state index in [-0.39, 0.29) is 5.78 Å². The topological polar surface area (TPSA) is 17.1 Å². The molecule has 0 radical (unpaired) electrons. The number of hydrogen-bond donors (Lipinski definition) is 0. The largest absolute Gasteiger partial charge is 0.285 e. The third kappa shape index (κ3) is 4.97. The van der Waals surface area contributed by atoms with E-state index in [0.29, 0.717) is 0 Å². The lowest BCUT2D eigenvalue weighted by molar-refractivity contribution is -0.111. The van der Waals surface area contributed by atoms with Crippen LogP contribution in [0.4, 0.5) is 0 Å². The average Bonchev–Trinajstić information content (AvgIpc) is 1.66. The molecule has 0 aliphatic carbocycles. The van der Waals surface area contributed by atoms with Gasteiger partial charge in [-0.15, -0.1) is 0 Å². The van der Waals surface area contributed by atoms with Gasteiger partial charge in [-0.05, 0) is 18.9 Å². The second kappa shape index (κ2) is 4.14. The van der Waals surface area contributed by atoms with Gasteiger partial charge in [0.05, 0.1) is 0 Å². The van der Waals surface area contributed by atoms with Gasteiger partial charge >= 0.3 is 0 Å². The number of rotatable bonds is 0. The molecular weight excluding hydrogens is 100 g/mol. The van der Waals surface area contributed by atoms with Gasteiger partial charge < -0.3 is 0 Å². The predicted octanol–water partition coefficient (Wildman–Crippen LogP) is 1.15. The zero-order valence-electron chi connectivity index (χ0n) is 5.06. The van der Waals surface area contributed by atoms with Crippen LogP contribution < -0.4 is 0 Å². The molecule has 1 nitrogen and oxygen atoms in total. The second-order valence-corrected chi connectivity index (χ2v) is 1.33. The van der Waals surface area contributed by atoms with E-state index in [1.807, 2.05) is 6.92 Å². The fourth-order valence-electron chi connectivity index (χ4n) is 0.227. The second-order valence-electron chi connectivity index (χ2n) is 1.33. The minimum Gasteiger partial charge on any atom is -0.285 e. The Morgan fingerprint density at radius 3 is 2.62 bits per heavy atom. The molecule has 0 aliphatic rings. The number of carbonyl (C=O) groups excluding carboxylic acids is 1. The zero-order chi connectivity index (χ0) is 6.41.